The summed E-state index contributed by atoms with van der Waals surface area (Å²) in [5, 5.41) is 11.5. The molecule has 1 aromatic rings. The molecule has 0 saturated heterocycles. The topological polar surface area (TPSA) is 49.3 Å². The third kappa shape index (κ3) is 2.76. The average Bonchev–Trinajstić information content (AvgIpc) is 2.15. The zero-order valence-electron chi connectivity index (χ0n) is 9.05. The molecule has 0 aliphatic rings. The number of aliphatic carboxylic acids is 1. The Kier molecular flexibility index (Phi) is 3.59. The van der Waals surface area contributed by atoms with Crippen molar-refractivity contribution in [3.63, 3.8) is 0 Å². The van der Waals surface area contributed by atoms with Crippen molar-refractivity contribution in [2.45, 2.75) is 18.9 Å². The van der Waals surface area contributed by atoms with Crippen LogP contribution in [0.4, 0.5) is 8.78 Å². The number of benzene rings is 1. The maximum atomic E-state index is 13.0. The van der Waals surface area contributed by atoms with Crippen LogP contribution in [0.3, 0.4) is 0 Å². The van der Waals surface area contributed by atoms with Crippen LogP contribution < -0.4 is 5.32 Å². The largest absolute Gasteiger partial charge is 0.481 e. The lowest BCUT2D eigenvalue weighted by Crippen LogP contribution is -2.39. The molecule has 0 heterocycles. The number of rotatable bonds is 4. The summed E-state index contributed by atoms with van der Waals surface area (Å²) in [5.41, 5.74) is -0.718. The molecule has 0 saturated carbocycles. The summed E-state index contributed by atoms with van der Waals surface area (Å²) >= 11 is 0. The Hall–Kier alpha value is -1.49. The Morgan fingerprint density at radius 2 is 1.88 bits per heavy atom. The van der Waals surface area contributed by atoms with Gasteiger partial charge in [0.2, 0.25) is 0 Å². The van der Waals surface area contributed by atoms with Crippen molar-refractivity contribution in [3.05, 3.63) is 35.4 Å². The molecule has 0 aromatic heterocycles. The third-order valence-electron chi connectivity index (χ3n) is 2.56. The molecule has 5 heteroatoms. The van der Waals surface area contributed by atoms with Crippen LogP contribution in [0.5, 0.6) is 0 Å². The third-order valence-corrected chi connectivity index (χ3v) is 2.56. The predicted molar refractivity (Wildman–Crippen MR) is 55.0 cm³/mol. The van der Waals surface area contributed by atoms with E-state index in [2.05, 4.69) is 5.32 Å². The van der Waals surface area contributed by atoms with Crippen LogP contribution in [0.2, 0.25) is 0 Å². The van der Waals surface area contributed by atoms with Gasteiger partial charge in [0.15, 0.2) is 0 Å². The second kappa shape index (κ2) is 4.57. The normalized spacial score (nSPS) is 14.5. The van der Waals surface area contributed by atoms with E-state index in [1.165, 1.54) is 0 Å². The van der Waals surface area contributed by atoms with Gasteiger partial charge in [-0.1, -0.05) is 0 Å². The first-order valence-corrected chi connectivity index (χ1v) is 4.74. The van der Waals surface area contributed by atoms with Crippen LogP contribution in [0.1, 0.15) is 18.9 Å². The highest BCUT2D eigenvalue weighted by molar-refractivity contribution is 5.68. The summed E-state index contributed by atoms with van der Waals surface area (Å²) in [5.74, 6) is -2.48. The zero-order valence-corrected chi connectivity index (χ0v) is 9.05. The molecule has 0 aliphatic heterocycles. The van der Waals surface area contributed by atoms with E-state index < -0.39 is 23.1 Å². The molecule has 0 bridgehead atoms. The SMILES string of the molecule is CNC(C)(CC(=O)O)c1cc(F)cc(F)c1. The molecule has 1 rings (SSSR count). The zero-order chi connectivity index (χ0) is 12.3. The summed E-state index contributed by atoms with van der Waals surface area (Å²) in [6.45, 7) is 1.58. The van der Waals surface area contributed by atoms with E-state index >= 15 is 0 Å². The number of carboxylic acids is 1. The van der Waals surface area contributed by atoms with E-state index in [1.54, 1.807) is 14.0 Å². The average molecular weight is 229 g/mol. The Bertz CT molecular complexity index is 389. The molecule has 0 aliphatic carbocycles. The Morgan fingerprint density at radius 3 is 2.25 bits per heavy atom. The molecular weight excluding hydrogens is 216 g/mol. The van der Waals surface area contributed by atoms with Gasteiger partial charge in [-0.3, -0.25) is 4.79 Å². The standard InChI is InChI=1S/C11H13F2NO2/c1-11(14-2,6-10(15)16)7-3-8(12)5-9(13)4-7/h3-5,14H,6H2,1-2H3,(H,15,16). The maximum Gasteiger partial charge on any atom is 0.305 e. The molecule has 1 aromatic carbocycles. The van der Waals surface area contributed by atoms with Crippen molar-refractivity contribution in [1.82, 2.24) is 5.32 Å². The molecule has 0 radical (unpaired) electrons. The molecule has 2 N–H and O–H groups in total. The number of nitrogens with one attached hydrogen (secondary N) is 1. The van der Waals surface area contributed by atoms with E-state index in [4.69, 9.17) is 5.11 Å². The lowest BCUT2D eigenvalue weighted by Gasteiger charge is -2.28. The van der Waals surface area contributed by atoms with Crippen molar-refractivity contribution in [3.8, 4) is 0 Å². The van der Waals surface area contributed by atoms with Gasteiger partial charge in [0.1, 0.15) is 11.6 Å². The fourth-order valence-corrected chi connectivity index (χ4v) is 1.51. The second-order valence-electron chi connectivity index (χ2n) is 3.81. The quantitative estimate of drug-likeness (QED) is 0.828. The predicted octanol–water partition coefficient (Wildman–Crippen LogP) is 1.87. The minimum Gasteiger partial charge on any atom is -0.481 e. The molecule has 0 amide bonds. The van der Waals surface area contributed by atoms with E-state index in [1.807, 2.05) is 0 Å². The number of hydrogen-bond donors (Lipinski definition) is 2. The lowest BCUT2D eigenvalue weighted by molar-refractivity contribution is -0.138. The number of carboxylic acid groups (broad SMARTS) is 1. The van der Waals surface area contributed by atoms with Gasteiger partial charge in [0.25, 0.3) is 0 Å². The highest BCUT2D eigenvalue weighted by Gasteiger charge is 2.28. The van der Waals surface area contributed by atoms with Crippen molar-refractivity contribution in [1.29, 1.82) is 0 Å². The Balaban J connectivity index is 3.16. The Labute approximate surface area is 92.1 Å². The molecule has 88 valence electrons. The van der Waals surface area contributed by atoms with Crippen LogP contribution in [-0.4, -0.2) is 18.1 Å². The van der Waals surface area contributed by atoms with Crippen LogP contribution in [0.15, 0.2) is 18.2 Å². The maximum absolute atomic E-state index is 13.0. The molecule has 3 nitrogen and oxygen atoms in total. The second-order valence-corrected chi connectivity index (χ2v) is 3.81. The van der Waals surface area contributed by atoms with Crippen LogP contribution in [0.25, 0.3) is 0 Å². The van der Waals surface area contributed by atoms with Crippen LogP contribution >= 0.6 is 0 Å². The summed E-state index contributed by atoms with van der Waals surface area (Å²) < 4.78 is 26.0. The smallest absolute Gasteiger partial charge is 0.305 e. The highest BCUT2D eigenvalue weighted by Crippen LogP contribution is 2.25. The molecular formula is C11H13F2NO2. The first-order chi connectivity index (χ1) is 7.37. The molecule has 16 heavy (non-hydrogen) atoms. The van der Waals surface area contributed by atoms with Gasteiger partial charge in [-0.25, -0.2) is 8.78 Å². The van der Waals surface area contributed by atoms with Crippen molar-refractivity contribution in [2.24, 2.45) is 0 Å². The van der Waals surface area contributed by atoms with Gasteiger partial charge in [-0.15, -0.1) is 0 Å². The molecule has 1 unspecified atom stereocenters. The fourth-order valence-electron chi connectivity index (χ4n) is 1.51. The van der Waals surface area contributed by atoms with Gasteiger partial charge in [0.05, 0.1) is 12.0 Å². The van der Waals surface area contributed by atoms with Crippen molar-refractivity contribution < 1.29 is 18.7 Å². The summed E-state index contributed by atoms with van der Waals surface area (Å²) in [6.07, 6.45) is -0.258. The van der Waals surface area contributed by atoms with Crippen molar-refractivity contribution >= 4 is 5.97 Å². The van der Waals surface area contributed by atoms with Crippen LogP contribution in [0, 0.1) is 11.6 Å². The van der Waals surface area contributed by atoms with Gasteiger partial charge < -0.3 is 10.4 Å². The minimum atomic E-state index is -1.04. The summed E-state index contributed by atoms with van der Waals surface area (Å²) in [4.78, 5) is 10.7. The van der Waals surface area contributed by atoms with Crippen LogP contribution in [-0.2, 0) is 10.3 Å². The molecule has 0 fully saturated rings. The Morgan fingerprint density at radius 1 is 1.38 bits per heavy atom. The number of halogens is 2. The summed E-state index contributed by atoms with van der Waals surface area (Å²) in [6, 6.07) is 3.01. The van der Waals surface area contributed by atoms with Gasteiger partial charge in [0, 0.05) is 6.07 Å². The van der Waals surface area contributed by atoms with E-state index in [9.17, 15) is 13.6 Å². The van der Waals surface area contributed by atoms with Gasteiger partial charge in [-0.2, -0.15) is 0 Å². The van der Waals surface area contributed by atoms with Gasteiger partial charge >= 0.3 is 5.97 Å². The number of hydrogen-bond acceptors (Lipinski definition) is 2. The molecule has 1 atom stereocenters. The van der Waals surface area contributed by atoms with Gasteiger partial charge in [-0.05, 0) is 31.7 Å². The number of carbonyl (C=O) groups is 1. The monoisotopic (exact) mass is 229 g/mol. The lowest BCUT2D eigenvalue weighted by atomic mass is 9.88. The van der Waals surface area contributed by atoms with E-state index in [0.717, 1.165) is 18.2 Å². The first kappa shape index (κ1) is 12.6. The first-order valence-electron chi connectivity index (χ1n) is 4.74. The molecule has 0 spiro atoms. The van der Waals surface area contributed by atoms with Crippen molar-refractivity contribution in [2.75, 3.05) is 7.05 Å². The van der Waals surface area contributed by atoms with E-state index in [-0.39, 0.29) is 12.0 Å². The summed E-state index contributed by atoms with van der Waals surface area (Å²) in [7, 11) is 1.55. The fraction of sp³-hybridized carbons (Fsp3) is 0.364. The van der Waals surface area contributed by atoms with E-state index in [0.29, 0.717) is 0 Å². The highest BCUT2D eigenvalue weighted by atomic mass is 19.1. The minimum absolute atomic E-state index is 0.258.